The van der Waals surface area contributed by atoms with Crippen LogP contribution in [0.3, 0.4) is 0 Å². The Morgan fingerprint density at radius 1 is 1.17 bits per heavy atom. The van der Waals surface area contributed by atoms with Crippen LogP contribution in [0.4, 0.5) is 0 Å². The molecule has 0 saturated heterocycles. The number of hydrogen-bond donors (Lipinski definition) is 2. The van der Waals surface area contributed by atoms with Gasteiger partial charge in [-0.05, 0) is 24.3 Å². The Bertz CT molecular complexity index is 448. The zero-order valence-corrected chi connectivity index (χ0v) is 12.6. The summed E-state index contributed by atoms with van der Waals surface area (Å²) in [7, 11) is -3.09. The molecule has 18 heavy (non-hydrogen) atoms. The van der Waals surface area contributed by atoms with Crippen LogP contribution >= 0.6 is 15.9 Å². The molecule has 0 aliphatic rings. The Kier molecular flexibility index (Phi) is 6.62. The summed E-state index contributed by atoms with van der Waals surface area (Å²) in [6.07, 6.45) is 1.14. The lowest BCUT2D eigenvalue weighted by Crippen LogP contribution is -2.32. The summed E-state index contributed by atoms with van der Waals surface area (Å²) in [6.45, 7) is 2.18. The second-order valence-corrected chi connectivity index (χ2v) is 6.47. The molecule has 102 valence electrons. The van der Waals surface area contributed by atoms with Crippen LogP contribution in [-0.2, 0) is 10.0 Å². The van der Waals surface area contributed by atoms with Gasteiger partial charge in [0, 0.05) is 24.1 Å². The van der Waals surface area contributed by atoms with Crippen molar-refractivity contribution in [1.82, 2.24) is 10.0 Å². The fourth-order valence-electron chi connectivity index (χ4n) is 1.22. The molecule has 5 nitrogen and oxygen atoms in total. The van der Waals surface area contributed by atoms with Gasteiger partial charge in [-0.2, -0.15) is 0 Å². The van der Waals surface area contributed by atoms with Gasteiger partial charge in [0.1, 0.15) is 12.4 Å². The van der Waals surface area contributed by atoms with E-state index in [9.17, 15) is 8.42 Å². The van der Waals surface area contributed by atoms with E-state index >= 15 is 0 Å². The summed E-state index contributed by atoms with van der Waals surface area (Å²) in [5.74, 6) is 0.814. The first-order valence-electron chi connectivity index (χ1n) is 5.51. The molecule has 0 spiro atoms. The van der Waals surface area contributed by atoms with Gasteiger partial charge in [-0.1, -0.05) is 15.9 Å². The summed E-state index contributed by atoms with van der Waals surface area (Å²) in [5.41, 5.74) is 0. The summed E-state index contributed by atoms with van der Waals surface area (Å²) >= 11 is 3.35. The second kappa shape index (κ2) is 7.73. The number of sulfonamides is 1. The highest BCUT2D eigenvalue weighted by atomic mass is 79.9. The minimum atomic E-state index is -3.09. The predicted octanol–water partition coefficient (Wildman–Crippen LogP) is 0.967. The maximum Gasteiger partial charge on any atom is 0.208 e. The maximum absolute atomic E-state index is 10.8. The third-order valence-corrected chi connectivity index (χ3v) is 3.28. The van der Waals surface area contributed by atoms with Crippen molar-refractivity contribution in [1.29, 1.82) is 0 Å². The predicted molar refractivity (Wildman–Crippen MR) is 75.4 cm³/mol. The van der Waals surface area contributed by atoms with Crippen LogP contribution in [-0.4, -0.2) is 40.9 Å². The Balaban J connectivity index is 2.04. The molecule has 0 amide bonds. The van der Waals surface area contributed by atoms with Crippen LogP contribution in [0.5, 0.6) is 5.75 Å². The molecule has 0 aliphatic heterocycles. The van der Waals surface area contributed by atoms with Gasteiger partial charge < -0.3 is 10.1 Å². The molecule has 2 N–H and O–H groups in total. The van der Waals surface area contributed by atoms with Crippen LogP contribution in [0.1, 0.15) is 0 Å². The number of halogens is 1. The van der Waals surface area contributed by atoms with E-state index in [-0.39, 0.29) is 0 Å². The van der Waals surface area contributed by atoms with Crippen molar-refractivity contribution in [3.63, 3.8) is 0 Å². The molecule has 0 saturated carbocycles. The summed E-state index contributed by atoms with van der Waals surface area (Å²) in [6, 6.07) is 7.60. The average molecular weight is 337 g/mol. The molecular weight excluding hydrogens is 320 g/mol. The van der Waals surface area contributed by atoms with Crippen LogP contribution in [0.25, 0.3) is 0 Å². The first-order chi connectivity index (χ1) is 8.47. The molecular formula is C11H17BrN2O3S. The molecule has 0 bridgehead atoms. The maximum atomic E-state index is 10.8. The van der Waals surface area contributed by atoms with Gasteiger partial charge >= 0.3 is 0 Å². The lowest BCUT2D eigenvalue weighted by Gasteiger charge is -2.07. The zero-order chi connectivity index (χ0) is 13.4. The van der Waals surface area contributed by atoms with Crippen molar-refractivity contribution in [2.75, 3.05) is 32.5 Å². The van der Waals surface area contributed by atoms with E-state index in [1.54, 1.807) is 0 Å². The highest BCUT2D eigenvalue weighted by Crippen LogP contribution is 2.15. The molecule has 7 heteroatoms. The average Bonchev–Trinajstić information content (AvgIpc) is 2.29. The van der Waals surface area contributed by atoms with Crippen molar-refractivity contribution in [2.45, 2.75) is 0 Å². The van der Waals surface area contributed by atoms with Crippen LogP contribution in [0.2, 0.25) is 0 Å². The highest BCUT2D eigenvalue weighted by Gasteiger charge is 1.98. The Morgan fingerprint density at radius 2 is 1.83 bits per heavy atom. The van der Waals surface area contributed by atoms with Gasteiger partial charge in [-0.25, -0.2) is 13.1 Å². The smallest absolute Gasteiger partial charge is 0.208 e. The van der Waals surface area contributed by atoms with Gasteiger partial charge in [0.05, 0.1) is 6.26 Å². The normalized spacial score (nSPS) is 11.4. The molecule has 1 rings (SSSR count). The quantitative estimate of drug-likeness (QED) is 0.694. The monoisotopic (exact) mass is 336 g/mol. The summed E-state index contributed by atoms with van der Waals surface area (Å²) in [4.78, 5) is 0. The number of rotatable bonds is 8. The van der Waals surface area contributed by atoms with Crippen LogP contribution in [0.15, 0.2) is 28.7 Å². The lowest BCUT2D eigenvalue weighted by molar-refractivity contribution is 0.314. The molecule has 1 aromatic carbocycles. The van der Waals surface area contributed by atoms with Crippen molar-refractivity contribution in [3.8, 4) is 5.75 Å². The van der Waals surface area contributed by atoms with Gasteiger partial charge in [0.2, 0.25) is 10.0 Å². The topological polar surface area (TPSA) is 67.4 Å². The van der Waals surface area contributed by atoms with Crippen molar-refractivity contribution in [2.24, 2.45) is 0 Å². The number of ether oxygens (including phenoxy) is 1. The van der Waals surface area contributed by atoms with E-state index in [0.29, 0.717) is 26.2 Å². The standard InChI is InChI=1S/C11H17BrN2O3S/c1-18(15,16)14-7-6-13-8-9-17-11-4-2-10(12)3-5-11/h2-5,13-14H,6-9H2,1H3. The molecule has 0 atom stereocenters. The first kappa shape index (κ1) is 15.4. The number of nitrogens with one attached hydrogen (secondary N) is 2. The fraction of sp³-hybridized carbons (Fsp3) is 0.455. The molecule has 0 heterocycles. The van der Waals surface area contributed by atoms with Gasteiger partial charge in [0.15, 0.2) is 0 Å². The van der Waals surface area contributed by atoms with E-state index in [0.717, 1.165) is 16.5 Å². The van der Waals surface area contributed by atoms with Crippen LogP contribution < -0.4 is 14.8 Å². The first-order valence-corrected chi connectivity index (χ1v) is 8.19. The Hall–Kier alpha value is -0.630. The van der Waals surface area contributed by atoms with Gasteiger partial charge in [-0.3, -0.25) is 0 Å². The Morgan fingerprint density at radius 3 is 2.44 bits per heavy atom. The minimum Gasteiger partial charge on any atom is -0.492 e. The van der Waals surface area contributed by atoms with Crippen molar-refractivity contribution < 1.29 is 13.2 Å². The third kappa shape index (κ3) is 7.65. The SMILES string of the molecule is CS(=O)(=O)NCCNCCOc1ccc(Br)cc1. The summed E-state index contributed by atoms with van der Waals surface area (Å²) in [5, 5.41) is 3.08. The highest BCUT2D eigenvalue weighted by molar-refractivity contribution is 9.10. The second-order valence-electron chi connectivity index (χ2n) is 3.72. The van der Waals surface area contributed by atoms with Gasteiger partial charge in [-0.15, -0.1) is 0 Å². The van der Waals surface area contributed by atoms with E-state index < -0.39 is 10.0 Å². The largest absolute Gasteiger partial charge is 0.492 e. The third-order valence-electron chi connectivity index (χ3n) is 2.03. The van der Waals surface area contributed by atoms with E-state index in [1.807, 2.05) is 24.3 Å². The minimum absolute atomic E-state index is 0.386. The molecule has 0 radical (unpaired) electrons. The lowest BCUT2D eigenvalue weighted by atomic mass is 10.3. The van der Waals surface area contributed by atoms with Crippen molar-refractivity contribution in [3.05, 3.63) is 28.7 Å². The molecule has 1 aromatic rings. The molecule has 0 aromatic heterocycles. The summed E-state index contributed by atoms with van der Waals surface area (Å²) < 4.78 is 30.4. The van der Waals surface area contributed by atoms with E-state index in [4.69, 9.17) is 4.74 Å². The number of benzene rings is 1. The molecule has 0 fully saturated rings. The van der Waals surface area contributed by atoms with Crippen LogP contribution in [0, 0.1) is 0 Å². The Labute approximate surface area is 116 Å². The molecule has 0 unspecified atom stereocenters. The van der Waals surface area contributed by atoms with Crippen molar-refractivity contribution >= 4 is 26.0 Å². The molecule has 0 aliphatic carbocycles. The van der Waals surface area contributed by atoms with E-state index in [1.165, 1.54) is 0 Å². The zero-order valence-electron chi connectivity index (χ0n) is 10.1. The van der Waals surface area contributed by atoms with Gasteiger partial charge in [0.25, 0.3) is 0 Å². The van der Waals surface area contributed by atoms with E-state index in [2.05, 4.69) is 26.0 Å². The fourth-order valence-corrected chi connectivity index (χ4v) is 1.96. The number of hydrogen-bond acceptors (Lipinski definition) is 4.